The predicted octanol–water partition coefficient (Wildman–Crippen LogP) is -1.66. The smallest absolute Gasteiger partial charge is 0.372 e. The summed E-state index contributed by atoms with van der Waals surface area (Å²) in [4.78, 5) is 19.8. The van der Waals surface area contributed by atoms with Gasteiger partial charge in [-0.2, -0.15) is 0 Å². The second kappa shape index (κ2) is 2.12. The fourth-order valence-corrected chi connectivity index (χ4v) is 0.151. The molecule has 9 heavy (non-hydrogen) atoms. The highest BCUT2D eigenvalue weighted by Gasteiger charge is 2.38. The second-order valence-corrected chi connectivity index (χ2v) is 1.53. The molecule has 0 aliphatic heterocycles. The van der Waals surface area contributed by atoms with Crippen LogP contribution in [0.15, 0.2) is 0 Å². The first kappa shape index (κ1) is 8.06. The molecule has 0 heterocycles. The Labute approximate surface area is 50.5 Å². The summed E-state index contributed by atoms with van der Waals surface area (Å²) in [7, 11) is 0. The molecule has 0 unspecified atom stereocenters. The lowest BCUT2D eigenvalue weighted by atomic mass is 10.2. The summed E-state index contributed by atoms with van der Waals surface area (Å²) in [5.74, 6) is -6.40. The van der Waals surface area contributed by atoms with Crippen molar-refractivity contribution in [3.05, 3.63) is 0 Å². The van der Waals surface area contributed by atoms with Crippen molar-refractivity contribution in [2.45, 2.75) is 12.7 Å². The third kappa shape index (κ3) is 1.48. The van der Waals surface area contributed by atoms with Gasteiger partial charge >= 0.3 is 11.8 Å². The van der Waals surface area contributed by atoms with Gasteiger partial charge in [-0.25, -0.2) is 4.79 Å². The molecule has 5 nitrogen and oxygen atoms in total. The van der Waals surface area contributed by atoms with Gasteiger partial charge in [0.1, 0.15) is 0 Å². The van der Waals surface area contributed by atoms with E-state index in [9.17, 15) is 9.59 Å². The standard InChI is InChI=1S/C4H6O5/c1-2(5)4(8,9)3(6)7/h8-9H,1H3,(H,6,7). The Morgan fingerprint density at radius 1 is 1.33 bits per heavy atom. The molecule has 0 aliphatic carbocycles. The van der Waals surface area contributed by atoms with E-state index in [-0.39, 0.29) is 0 Å². The lowest BCUT2D eigenvalue weighted by Crippen LogP contribution is -2.44. The quantitative estimate of drug-likeness (QED) is 0.310. The number of hydrogen-bond acceptors (Lipinski definition) is 4. The molecular formula is C4H6O5. The zero-order valence-corrected chi connectivity index (χ0v) is 4.66. The van der Waals surface area contributed by atoms with Crippen LogP contribution in [0.4, 0.5) is 0 Å². The Morgan fingerprint density at radius 2 is 1.67 bits per heavy atom. The van der Waals surface area contributed by atoms with Gasteiger partial charge in [0.25, 0.3) is 0 Å². The zero-order chi connectivity index (χ0) is 7.65. The van der Waals surface area contributed by atoms with E-state index in [0.29, 0.717) is 0 Å². The van der Waals surface area contributed by atoms with Gasteiger partial charge in [0.2, 0.25) is 5.78 Å². The Balaban J connectivity index is 4.38. The van der Waals surface area contributed by atoms with Crippen LogP contribution in [0.5, 0.6) is 0 Å². The summed E-state index contributed by atoms with van der Waals surface area (Å²) in [6, 6.07) is 0. The summed E-state index contributed by atoms with van der Waals surface area (Å²) in [5.41, 5.74) is 0. The number of carbonyl (C=O) groups is 2. The molecule has 3 N–H and O–H groups in total. The Bertz CT molecular complexity index is 131. The fourth-order valence-electron chi connectivity index (χ4n) is 0.151. The molecule has 0 saturated heterocycles. The number of carbonyl (C=O) groups excluding carboxylic acids is 1. The predicted molar refractivity (Wildman–Crippen MR) is 25.5 cm³/mol. The maximum absolute atomic E-state index is 10.0. The van der Waals surface area contributed by atoms with E-state index in [2.05, 4.69) is 0 Å². The van der Waals surface area contributed by atoms with E-state index in [4.69, 9.17) is 15.3 Å². The van der Waals surface area contributed by atoms with E-state index < -0.39 is 17.5 Å². The molecule has 0 fully saturated rings. The summed E-state index contributed by atoms with van der Waals surface area (Å²) in [5, 5.41) is 24.4. The summed E-state index contributed by atoms with van der Waals surface area (Å²) in [6.07, 6.45) is 0. The Kier molecular flexibility index (Phi) is 1.90. The molecule has 0 aromatic heterocycles. The fraction of sp³-hybridized carbons (Fsp3) is 0.500. The molecular weight excluding hydrogens is 128 g/mol. The van der Waals surface area contributed by atoms with E-state index in [1.165, 1.54) is 0 Å². The maximum atomic E-state index is 10.0. The van der Waals surface area contributed by atoms with Gasteiger partial charge in [-0.05, 0) is 0 Å². The highest BCUT2D eigenvalue weighted by atomic mass is 16.5. The zero-order valence-electron chi connectivity index (χ0n) is 4.66. The molecule has 0 radical (unpaired) electrons. The normalized spacial score (nSPS) is 11.0. The average Bonchev–Trinajstić information content (AvgIpc) is 1.65. The minimum Gasteiger partial charge on any atom is -0.477 e. The van der Waals surface area contributed by atoms with Gasteiger partial charge in [-0.1, -0.05) is 0 Å². The number of hydrogen-bond donors (Lipinski definition) is 3. The summed E-state index contributed by atoms with van der Waals surface area (Å²) < 4.78 is 0. The molecule has 52 valence electrons. The van der Waals surface area contributed by atoms with E-state index >= 15 is 0 Å². The molecule has 0 rings (SSSR count). The third-order valence-corrected chi connectivity index (χ3v) is 0.789. The molecule has 0 atom stereocenters. The number of ketones is 1. The SMILES string of the molecule is CC(=O)C(O)(O)C(=O)O. The number of Topliss-reactive ketones (excluding diaryl/α,β-unsaturated/α-hetero) is 1. The van der Waals surface area contributed by atoms with Crippen LogP contribution in [-0.2, 0) is 9.59 Å². The highest BCUT2D eigenvalue weighted by molar-refractivity contribution is 6.02. The van der Waals surface area contributed by atoms with Gasteiger partial charge in [0, 0.05) is 6.92 Å². The van der Waals surface area contributed by atoms with Gasteiger partial charge in [0.15, 0.2) is 0 Å². The number of aliphatic hydroxyl groups is 2. The average molecular weight is 134 g/mol. The van der Waals surface area contributed by atoms with Crippen molar-refractivity contribution in [2.24, 2.45) is 0 Å². The van der Waals surface area contributed by atoms with Crippen molar-refractivity contribution in [2.75, 3.05) is 0 Å². The lowest BCUT2D eigenvalue weighted by molar-refractivity contribution is -0.202. The number of carboxylic acid groups (broad SMARTS) is 1. The largest absolute Gasteiger partial charge is 0.477 e. The van der Waals surface area contributed by atoms with Crippen LogP contribution in [0.1, 0.15) is 6.92 Å². The number of carboxylic acids is 1. The molecule has 0 aromatic carbocycles. The Morgan fingerprint density at radius 3 is 1.67 bits per heavy atom. The molecule has 0 aliphatic rings. The van der Waals surface area contributed by atoms with Crippen molar-refractivity contribution in [3.63, 3.8) is 0 Å². The van der Waals surface area contributed by atoms with Crippen molar-refractivity contribution in [1.82, 2.24) is 0 Å². The molecule has 0 amide bonds. The number of rotatable bonds is 2. The van der Waals surface area contributed by atoms with Crippen LogP contribution in [-0.4, -0.2) is 32.9 Å². The first-order valence-electron chi connectivity index (χ1n) is 2.08. The minimum atomic E-state index is -3.22. The van der Waals surface area contributed by atoms with Crippen molar-refractivity contribution in [1.29, 1.82) is 0 Å². The number of aliphatic carboxylic acids is 1. The highest BCUT2D eigenvalue weighted by Crippen LogP contribution is 1.99. The van der Waals surface area contributed by atoms with Crippen LogP contribution < -0.4 is 0 Å². The third-order valence-electron chi connectivity index (χ3n) is 0.789. The second-order valence-electron chi connectivity index (χ2n) is 1.53. The topological polar surface area (TPSA) is 94.8 Å². The first-order chi connectivity index (χ1) is 3.89. The van der Waals surface area contributed by atoms with Crippen molar-refractivity contribution in [3.8, 4) is 0 Å². The van der Waals surface area contributed by atoms with Crippen molar-refractivity contribution < 1.29 is 24.9 Å². The van der Waals surface area contributed by atoms with E-state index in [1.54, 1.807) is 0 Å². The van der Waals surface area contributed by atoms with Gasteiger partial charge in [0.05, 0.1) is 0 Å². The van der Waals surface area contributed by atoms with Gasteiger partial charge in [-0.3, -0.25) is 4.79 Å². The monoisotopic (exact) mass is 134 g/mol. The lowest BCUT2D eigenvalue weighted by Gasteiger charge is -2.10. The summed E-state index contributed by atoms with van der Waals surface area (Å²) in [6.45, 7) is 0.772. The minimum absolute atomic E-state index is 0.772. The van der Waals surface area contributed by atoms with Crippen LogP contribution in [0.2, 0.25) is 0 Å². The van der Waals surface area contributed by atoms with E-state index in [0.717, 1.165) is 6.92 Å². The van der Waals surface area contributed by atoms with Crippen LogP contribution >= 0.6 is 0 Å². The molecule has 5 heteroatoms. The Hall–Kier alpha value is -0.940. The van der Waals surface area contributed by atoms with Crippen LogP contribution in [0.3, 0.4) is 0 Å². The summed E-state index contributed by atoms with van der Waals surface area (Å²) >= 11 is 0. The van der Waals surface area contributed by atoms with Gasteiger partial charge in [-0.15, -0.1) is 0 Å². The van der Waals surface area contributed by atoms with Gasteiger partial charge < -0.3 is 15.3 Å². The molecule has 0 bridgehead atoms. The van der Waals surface area contributed by atoms with Crippen LogP contribution in [0, 0.1) is 0 Å². The van der Waals surface area contributed by atoms with Crippen molar-refractivity contribution >= 4 is 11.8 Å². The maximum Gasteiger partial charge on any atom is 0.372 e. The molecule has 0 aromatic rings. The van der Waals surface area contributed by atoms with E-state index in [1.807, 2.05) is 0 Å². The molecule has 0 spiro atoms. The first-order valence-corrected chi connectivity index (χ1v) is 2.08. The molecule has 0 saturated carbocycles. The van der Waals surface area contributed by atoms with Crippen LogP contribution in [0.25, 0.3) is 0 Å².